The molecule has 12 nitrogen and oxygen atoms in total. The summed E-state index contributed by atoms with van der Waals surface area (Å²) in [6.45, 7) is -1.01. The number of hydrogen-bond donors (Lipinski definition) is 1. The molecule has 3 rings (SSSR count). The van der Waals surface area contributed by atoms with E-state index in [1.54, 1.807) is 0 Å². The molecule has 1 N–H and O–H groups in total. The number of sulfone groups is 1. The molecule has 30 heavy (non-hydrogen) atoms. The Bertz CT molecular complexity index is 1050. The molecule has 0 spiro atoms. The summed E-state index contributed by atoms with van der Waals surface area (Å²) in [4.78, 5) is 59.3. The lowest BCUT2D eigenvalue weighted by Gasteiger charge is -2.14. The van der Waals surface area contributed by atoms with Crippen LogP contribution in [-0.4, -0.2) is 72.6 Å². The summed E-state index contributed by atoms with van der Waals surface area (Å²) in [6, 6.07) is 3.15. The van der Waals surface area contributed by atoms with E-state index in [4.69, 9.17) is 4.74 Å². The highest BCUT2D eigenvalue weighted by Crippen LogP contribution is 2.30. The van der Waals surface area contributed by atoms with E-state index in [0.717, 1.165) is 6.07 Å². The Kier molecular flexibility index (Phi) is 5.82. The first-order valence-corrected chi connectivity index (χ1v) is 10.7. The summed E-state index contributed by atoms with van der Waals surface area (Å²) >= 11 is 0. The van der Waals surface area contributed by atoms with Crippen molar-refractivity contribution in [1.82, 2.24) is 10.2 Å². The first-order valence-electron chi connectivity index (χ1n) is 8.88. The van der Waals surface area contributed by atoms with E-state index in [1.807, 2.05) is 0 Å². The number of imide groups is 1. The molecule has 0 unspecified atom stereocenters. The number of rotatable bonds is 7. The fourth-order valence-electron chi connectivity index (χ4n) is 3.27. The summed E-state index contributed by atoms with van der Waals surface area (Å²) in [6.07, 6.45) is -0.127. The SMILES string of the molecule is O=C(COC(=O)CCN1C(=O)c2cccc([N+](=O)[O-])c2C1=O)N[C@H]1CCS(=O)(=O)C1. The van der Waals surface area contributed by atoms with Gasteiger partial charge in [0.2, 0.25) is 0 Å². The molecule has 0 bridgehead atoms. The van der Waals surface area contributed by atoms with Crippen LogP contribution in [0.15, 0.2) is 18.2 Å². The van der Waals surface area contributed by atoms with Crippen LogP contribution in [0.1, 0.15) is 33.6 Å². The molecule has 2 aliphatic rings. The molecule has 0 radical (unpaired) electrons. The van der Waals surface area contributed by atoms with Crippen LogP contribution < -0.4 is 5.32 Å². The smallest absolute Gasteiger partial charge is 0.308 e. The number of benzene rings is 1. The third kappa shape index (κ3) is 4.45. The highest BCUT2D eigenvalue weighted by Gasteiger charge is 2.40. The van der Waals surface area contributed by atoms with Crippen molar-refractivity contribution in [3.05, 3.63) is 39.4 Å². The molecule has 1 saturated heterocycles. The van der Waals surface area contributed by atoms with Crippen molar-refractivity contribution in [3.8, 4) is 0 Å². The van der Waals surface area contributed by atoms with Gasteiger partial charge >= 0.3 is 5.97 Å². The minimum absolute atomic E-state index is 0.0177. The van der Waals surface area contributed by atoms with Crippen molar-refractivity contribution >= 4 is 39.2 Å². The molecule has 1 aromatic rings. The topological polar surface area (TPSA) is 170 Å². The Hall–Kier alpha value is -3.35. The van der Waals surface area contributed by atoms with E-state index < -0.39 is 63.2 Å². The maximum atomic E-state index is 12.4. The quantitative estimate of drug-likeness (QED) is 0.253. The van der Waals surface area contributed by atoms with Crippen LogP contribution in [0, 0.1) is 10.1 Å². The van der Waals surface area contributed by atoms with Crippen LogP contribution >= 0.6 is 0 Å². The molecule has 1 atom stereocenters. The van der Waals surface area contributed by atoms with Gasteiger partial charge in [-0.3, -0.25) is 34.2 Å². The second-order valence-electron chi connectivity index (χ2n) is 6.80. The summed E-state index contributed by atoms with van der Waals surface area (Å²) in [5.41, 5.74) is -0.943. The largest absolute Gasteiger partial charge is 0.456 e. The van der Waals surface area contributed by atoms with Crippen LogP contribution in [0.3, 0.4) is 0 Å². The Labute approximate surface area is 170 Å². The van der Waals surface area contributed by atoms with E-state index in [9.17, 15) is 37.7 Å². The van der Waals surface area contributed by atoms with E-state index in [0.29, 0.717) is 4.90 Å². The molecule has 0 saturated carbocycles. The van der Waals surface area contributed by atoms with Crippen molar-refractivity contribution < 1.29 is 37.3 Å². The third-order valence-electron chi connectivity index (χ3n) is 4.68. The predicted octanol–water partition coefficient (Wildman–Crippen LogP) is -0.573. The lowest BCUT2D eigenvalue weighted by molar-refractivity contribution is -0.385. The standard InChI is InChI=1S/C17H17N3O9S/c21-13(18-10-5-7-30(27,28)9-10)8-29-14(22)4-6-19-16(23)11-2-1-3-12(20(25)26)15(11)17(19)24/h1-3,10H,4-9H2,(H,18,21)/t10-/m0/s1. The van der Waals surface area contributed by atoms with Crippen molar-refractivity contribution in [2.24, 2.45) is 0 Å². The Morgan fingerprint density at radius 1 is 1.27 bits per heavy atom. The van der Waals surface area contributed by atoms with Crippen LogP contribution in [-0.2, 0) is 24.2 Å². The predicted molar refractivity (Wildman–Crippen MR) is 99.2 cm³/mol. The van der Waals surface area contributed by atoms with Crippen LogP contribution in [0.5, 0.6) is 0 Å². The van der Waals surface area contributed by atoms with Crippen molar-refractivity contribution in [2.75, 3.05) is 24.7 Å². The molecule has 2 heterocycles. The maximum absolute atomic E-state index is 12.4. The van der Waals surface area contributed by atoms with Gasteiger partial charge in [-0.2, -0.15) is 0 Å². The van der Waals surface area contributed by atoms with Gasteiger partial charge in [0.15, 0.2) is 16.4 Å². The van der Waals surface area contributed by atoms with E-state index in [2.05, 4.69) is 5.32 Å². The van der Waals surface area contributed by atoms with Crippen molar-refractivity contribution in [3.63, 3.8) is 0 Å². The number of nitrogens with one attached hydrogen (secondary N) is 1. The Balaban J connectivity index is 1.50. The molecule has 3 amide bonds. The lowest BCUT2D eigenvalue weighted by atomic mass is 10.1. The van der Waals surface area contributed by atoms with Gasteiger partial charge < -0.3 is 10.1 Å². The number of hydrogen-bond acceptors (Lipinski definition) is 9. The van der Waals surface area contributed by atoms with Crippen molar-refractivity contribution in [2.45, 2.75) is 18.9 Å². The molecule has 160 valence electrons. The average Bonchev–Trinajstić information content (AvgIpc) is 3.14. The fourth-order valence-corrected chi connectivity index (χ4v) is 4.94. The van der Waals surface area contributed by atoms with E-state index in [-0.39, 0.29) is 35.6 Å². The minimum atomic E-state index is -3.17. The van der Waals surface area contributed by atoms with Crippen LogP contribution in [0.2, 0.25) is 0 Å². The van der Waals surface area contributed by atoms with E-state index >= 15 is 0 Å². The number of esters is 1. The lowest BCUT2D eigenvalue weighted by Crippen LogP contribution is -2.38. The van der Waals surface area contributed by atoms with Gasteiger partial charge in [-0.1, -0.05) is 6.07 Å². The molecule has 13 heteroatoms. The number of carbonyl (C=O) groups is 4. The molecular weight excluding hydrogens is 422 g/mol. The molecule has 2 aliphatic heterocycles. The van der Waals surface area contributed by atoms with Gasteiger partial charge in [0, 0.05) is 18.7 Å². The second kappa shape index (κ2) is 8.18. The first kappa shape index (κ1) is 21.4. The van der Waals surface area contributed by atoms with E-state index in [1.165, 1.54) is 12.1 Å². The zero-order valence-electron chi connectivity index (χ0n) is 15.5. The van der Waals surface area contributed by atoms with Gasteiger partial charge in [-0.25, -0.2) is 8.42 Å². The average molecular weight is 439 g/mol. The number of amides is 3. The second-order valence-corrected chi connectivity index (χ2v) is 9.03. The molecular formula is C17H17N3O9S. The van der Waals surface area contributed by atoms with Gasteiger partial charge in [0.25, 0.3) is 23.4 Å². The monoisotopic (exact) mass is 439 g/mol. The maximum Gasteiger partial charge on any atom is 0.308 e. The number of carbonyl (C=O) groups excluding carboxylic acids is 4. The zero-order valence-corrected chi connectivity index (χ0v) is 16.3. The molecule has 1 aromatic carbocycles. The third-order valence-corrected chi connectivity index (χ3v) is 6.44. The Morgan fingerprint density at radius 2 is 2.00 bits per heavy atom. The summed E-state index contributed by atoms with van der Waals surface area (Å²) in [7, 11) is -3.17. The van der Waals surface area contributed by atoms with Gasteiger partial charge in [0.1, 0.15) is 5.56 Å². The first-order chi connectivity index (χ1) is 14.1. The van der Waals surface area contributed by atoms with Gasteiger partial charge in [-0.05, 0) is 12.5 Å². The highest BCUT2D eigenvalue weighted by atomic mass is 32.2. The number of nitro benzene ring substituents is 1. The highest BCUT2D eigenvalue weighted by molar-refractivity contribution is 7.91. The summed E-state index contributed by atoms with van der Waals surface area (Å²) < 4.78 is 27.5. The zero-order chi connectivity index (χ0) is 22.1. The number of nitro groups is 1. The summed E-state index contributed by atoms with van der Waals surface area (Å²) in [5, 5.41) is 13.5. The van der Waals surface area contributed by atoms with Gasteiger partial charge in [-0.15, -0.1) is 0 Å². The molecule has 0 aromatic heterocycles. The Morgan fingerprint density at radius 3 is 2.63 bits per heavy atom. The number of nitrogens with zero attached hydrogens (tertiary/aromatic N) is 2. The molecule has 0 aliphatic carbocycles. The minimum Gasteiger partial charge on any atom is -0.456 e. The fraction of sp³-hybridized carbons (Fsp3) is 0.412. The number of fused-ring (bicyclic) bond motifs is 1. The van der Waals surface area contributed by atoms with Crippen LogP contribution in [0.4, 0.5) is 5.69 Å². The van der Waals surface area contributed by atoms with Crippen molar-refractivity contribution in [1.29, 1.82) is 0 Å². The molecule has 1 fully saturated rings. The normalized spacial score (nSPS) is 19.5. The summed E-state index contributed by atoms with van der Waals surface area (Å²) in [5.74, 6) is -3.35. The van der Waals surface area contributed by atoms with Crippen LogP contribution in [0.25, 0.3) is 0 Å². The van der Waals surface area contributed by atoms with Gasteiger partial charge in [0.05, 0.1) is 28.4 Å². The number of ether oxygens (including phenoxy) is 1.